The zero-order chi connectivity index (χ0) is 9.14. The molecule has 0 aliphatic carbocycles. The highest BCUT2D eigenvalue weighted by atomic mass is 14.5. The van der Waals surface area contributed by atoms with Gasteiger partial charge in [-0.1, -0.05) is 24.8 Å². The summed E-state index contributed by atoms with van der Waals surface area (Å²) in [5.74, 6) is 0. The predicted octanol–water partition coefficient (Wildman–Crippen LogP) is 2.28. The van der Waals surface area contributed by atoms with Gasteiger partial charge in [0, 0.05) is 6.54 Å². The first-order chi connectivity index (χ1) is 5.66. The summed E-state index contributed by atoms with van der Waals surface area (Å²) in [7, 11) is 0. The zero-order valence-electron chi connectivity index (χ0n) is 7.72. The van der Waals surface area contributed by atoms with E-state index >= 15 is 0 Å². The second-order valence-corrected chi connectivity index (χ2v) is 3.06. The van der Waals surface area contributed by atoms with Gasteiger partial charge in [-0.3, -0.25) is 0 Å². The quantitative estimate of drug-likeness (QED) is 0.707. The number of benzene rings is 1. The third-order valence-corrected chi connectivity index (χ3v) is 2.23. The number of nitrogens with two attached hydrogens (primary N) is 1. The van der Waals surface area contributed by atoms with Crippen LogP contribution in [0.2, 0.25) is 0 Å². The van der Waals surface area contributed by atoms with Crippen LogP contribution in [0.15, 0.2) is 24.8 Å². The van der Waals surface area contributed by atoms with Gasteiger partial charge in [0.2, 0.25) is 0 Å². The van der Waals surface area contributed by atoms with E-state index in [1.54, 1.807) is 0 Å². The summed E-state index contributed by atoms with van der Waals surface area (Å²) in [6.45, 7) is 8.65. The Hall–Kier alpha value is -1.08. The standard InChI is InChI=1S/C11H15N/c1-8-5-4-6-11(10(8)3)9(2)7-12/h4-6H,2,7,12H2,1,3H3. The van der Waals surface area contributed by atoms with Crippen molar-refractivity contribution in [2.45, 2.75) is 13.8 Å². The molecule has 12 heavy (non-hydrogen) atoms. The summed E-state index contributed by atoms with van der Waals surface area (Å²) in [4.78, 5) is 0. The van der Waals surface area contributed by atoms with Crippen LogP contribution in [-0.4, -0.2) is 6.54 Å². The van der Waals surface area contributed by atoms with Crippen molar-refractivity contribution in [1.82, 2.24) is 0 Å². The van der Waals surface area contributed by atoms with E-state index in [0.717, 1.165) is 5.57 Å². The van der Waals surface area contributed by atoms with Crippen LogP contribution in [0.4, 0.5) is 0 Å². The third kappa shape index (κ3) is 1.56. The van der Waals surface area contributed by atoms with Crippen LogP contribution < -0.4 is 5.73 Å². The van der Waals surface area contributed by atoms with Gasteiger partial charge in [0.1, 0.15) is 0 Å². The second kappa shape index (κ2) is 3.55. The maximum atomic E-state index is 5.52. The molecule has 1 aromatic rings. The maximum absolute atomic E-state index is 5.52. The molecule has 1 rings (SSSR count). The maximum Gasteiger partial charge on any atom is 0.0178 e. The Morgan fingerprint density at radius 3 is 2.67 bits per heavy atom. The van der Waals surface area contributed by atoms with Crippen LogP contribution in [0.1, 0.15) is 16.7 Å². The van der Waals surface area contributed by atoms with E-state index in [1.165, 1.54) is 16.7 Å². The van der Waals surface area contributed by atoms with Crippen molar-refractivity contribution >= 4 is 5.57 Å². The molecule has 0 aliphatic heterocycles. The molecule has 0 saturated carbocycles. The minimum atomic E-state index is 0.532. The number of rotatable bonds is 2. The Bertz CT molecular complexity index is 300. The van der Waals surface area contributed by atoms with Crippen molar-refractivity contribution < 1.29 is 0 Å². The lowest BCUT2D eigenvalue weighted by molar-refractivity contribution is 1.24. The molecule has 0 fully saturated rings. The van der Waals surface area contributed by atoms with Gasteiger partial charge in [-0.05, 0) is 36.1 Å². The zero-order valence-corrected chi connectivity index (χ0v) is 7.72. The van der Waals surface area contributed by atoms with Crippen molar-refractivity contribution in [1.29, 1.82) is 0 Å². The molecule has 0 unspecified atom stereocenters. The van der Waals surface area contributed by atoms with Gasteiger partial charge in [0.15, 0.2) is 0 Å². The first kappa shape index (κ1) is 9.01. The van der Waals surface area contributed by atoms with E-state index < -0.39 is 0 Å². The van der Waals surface area contributed by atoms with Crippen LogP contribution in [0.3, 0.4) is 0 Å². The first-order valence-electron chi connectivity index (χ1n) is 4.11. The van der Waals surface area contributed by atoms with E-state index in [-0.39, 0.29) is 0 Å². The van der Waals surface area contributed by atoms with Gasteiger partial charge in [-0.25, -0.2) is 0 Å². The highest BCUT2D eigenvalue weighted by molar-refractivity contribution is 5.68. The molecule has 0 saturated heterocycles. The highest BCUT2D eigenvalue weighted by Crippen LogP contribution is 2.18. The molecule has 0 atom stereocenters. The smallest absolute Gasteiger partial charge is 0.0178 e. The molecule has 0 amide bonds. The normalized spacial score (nSPS) is 9.92. The molecule has 0 spiro atoms. The van der Waals surface area contributed by atoms with E-state index in [0.29, 0.717) is 6.54 Å². The van der Waals surface area contributed by atoms with E-state index in [9.17, 15) is 0 Å². The van der Waals surface area contributed by atoms with Gasteiger partial charge in [-0.2, -0.15) is 0 Å². The summed E-state index contributed by atoms with van der Waals surface area (Å²) in [6.07, 6.45) is 0. The predicted molar refractivity (Wildman–Crippen MR) is 54.0 cm³/mol. The fourth-order valence-corrected chi connectivity index (χ4v) is 1.24. The van der Waals surface area contributed by atoms with Gasteiger partial charge in [0.25, 0.3) is 0 Å². The molecule has 1 aromatic carbocycles. The van der Waals surface area contributed by atoms with Crippen LogP contribution in [0, 0.1) is 13.8 Å². The molecule has 64 valence electrons. The summed E-state index contributed by atoms with van der Waals surface area (Å²) >= 11 is 0. The van der Waals surface area contributed by atoms with Crippen LogP contribution in [0.25, 0.3) is 5.57 Å². The van der Waals surface area contributed by atoms with Crippen molar-refractivity contribution in [3.63, 3.8) is 0 Å². The molecule has 0 heterocycles. The Labute approximate surface area is 73.9 Å². The van der Waals surface area contributed by atoms with Crippen molar-refractivity contribution in [2.75, 3.05) is 6.54 Å². The molecule has 0 bridgehead atoms. The Kier molecular flexibility index (Phi) is 2.66. The number of aryl methyl sites for hydroxylation is 1. The van der Waals surface area contributed by atoms with Gasteiger partial charge in [0.05, 0.1) is 0 Å². The molecule has 2 N–H and O–H groups in total. The van der Waals surface area contributed by atoms with Crippen molar-refractivity contribution in [3.8, 4) is 0 Å². The summed E-state index contributed by atoms with van der Waals surface area (Å²) in [5.41, 5.74) is 10.3. The Morgan fingerprint density at radius 1 is 1.42 bits per heavy atom. The van der Waals surface area contributed by atoms with Crippen LogP contribution >= 0.6 is 0 Å². The molecule has 1 nitrogen and oxygen atoms in total. The average molecular weight is 161 g/mol. The lowest BCUT2D eigenvalue weighted by Gasteiger charge is -2.08. The lowest BCUT2D eigenvalue weighted by atomic mass is 9.98. The summed E-state index contributed by atoms with van der Waals surface area (Å²) in [6, 6.07) is 6.21. The minimum absolute atomic E-state index is 0.532. The fourth-order valence-electron chi connectivity index (χ4n) is 1.24. The topological polar surface area (TPSA) is 26.0 Å². The molecule has 0 aliphatic rings. The summed E-state index contributed by atoms with van der Waals surface area (Å²) in [5, 5.41) is 0. The summed E-state index contributed by atoms with van der Waals surface area (Å²) < 4.78 is 0. The van der Waals surface area contributed by atoms with E-state index in [1.807, 2.05) is 6.07 Å². The number of hydrogen-bond acceptors (Lipinski definition) is 1. The first-order valence-corrected chi connectivity index (χ1v) is 4.11. The van der Waals surface area contributed by atoms with Gasteiger partial charge >= 0.3 is 0 Å². The van der Waals surface area contributed by atoms with Crippen LogP contribution in [-0.2, 0) is 0 Å². The van der Waals surface area contributed by atoms with Crippen molar-refractivity contribution in [3.05, 3.63) is 41.5 Å². The molecule has 1 heteroatoms. The third-order valence-electron chi connectivity index (χ3n) is 2.23. The molecular weight excluding hydrogens is 146 g/mol. The van der Waals surface area contributed by atoms with E-state index in [2.05, 4.69) is 32.6 Å². The van der Waals surface area contributed by atoms with Gasteiger partial charge < -0.3 is 5.73 Å². The van der Waals surface area contributed by atoms with Gasteiger partial charge in [-0.15, -0.1) is 0 Å². The Morgan fingerprint density at radius 2 is 2.08 bits per heavy atom. The van der Waals surface area contributed by atoms with Crippen LogP contribution in [0.5, 0.6) is 0 Å². The fraction of sp³-hybridized carbons (Fsp3) is 0.273. The van der Waals surface area contributed by atoms with Crippen molar-refractivity contribution in [2.24, 2.45) is 5.73 Å². The monoisotopic (exact) mass is 161 g/mol. The molecule has 0 radical (unpaired) electrons. The second-order valence-electron chi connectivity index (χ2n) is 3.06. The number of hydrogen-bond donors (Lipinski definition) is 1. The minimum Gasteiger partial charge on any atom is -0.326 e. The SMILES string of the molecule is C=C(CN)c1cccc(C)c1C. The van der Waals surface area contributed by atoms with E-state index in [4.69, 9.17) is 5.73 Å². The Balaban J connectivity index is 3.16. The molecule has 0 aromatic heterocycles. The molecular formula is C11H15N. The lowest BCUT2D eigenvalue weighted by Crippen LogP contribution is -2.02. The average Bonchev–Trinajstić information content (AvgIpc) is 2.08. The highest BCUT2D eigenvalue weighted by Gasteiger charge is 2.01. The largest absolute Gasteiger partial charge is 0.326 e.